The van der Waals surface area contributed by atoms with E-state index >= 15 is 0 Å². The zero-order valence-electron chi connectivity index (χ0n) is 16.3. The number of carboxylic acids is 1. The van der Waals surface area contributed by atoms with Crippen LogP contribution in [-0.4, -0.2) is 83.0 Å². The number of hydrogen-bond donors (Lipinski definition) is 5. The Bertz CT molecular complexity index is 720. The van der Waals surface area contributed by atoms with Crippen LogP contribution >= 0.6 is 0 Å². The van der Waals surface area contributed by atoms with Gasteiger partial charge in [0.15, 0.2) is 11.5 Å². The normalized spacial score (nSPS) is 27.4. The van der Waals surface area contributed by atoms with E-state index in [9.17, 15) is 30.3 Å². The van der Waals surface area contributed by atoms with Gasteiger partial charge in [-0.3, -0.25) is 0 Å². The van der Waals surface area contributed by atoms with Gasteiger partial charge in [0.1, 0.15) is 24.4 Å². The van der Waals surface area contributed by atoms with Crippen molar-refractivity contribution in [3.05, 3.63) is 23.3 Å². The molecule has 0 amide bonds. The van der Waals surface area contributed by atoms with E-state index in [2.05, 4.69) is 0 Å². The molecular weight excluding hydrogens is 388 g/mol. The van der Waals surface area contributed by atoms with E-state index in [0.717, 1.165) is 0 Å². The minimum atomic E-state index is -1.61. The summed E-state index contributed by atoms with van der Waals surface area (Å²) in [7, 11) is 2.72. The summed E-state index contributed by atoms with van der Waals surface area (Å²) in [6.45, 7) is 1.11. The molecule has 1 heterocycles. The van der Waals surface area contributed by atoms with Crippen LogP contribution in [-0.2, 0) is 9.53 Å². The van der Waals surface area contributed by atoms with Gasteiger partial charge in [-0.05, 0) is 30.2 Å². The van der Waals surface area contributed by atoms with E-state index in [0.29, 0.717) is 12.0 Å². The molecule has 2 rings (SSSR count). The highest BCUT2D eigenvalue weighted by atomic mass is 16.7. The zero-order chi connectivity index (χ0) is 21.7. The third-order valence-corrected chi connectivity index (χ3v) is 4.56. The summed E-state index contributed by atoms with van der Waals surface area (Å²) in [6, 6.07) is 3.03. The van der Waals surface area contributed by atoms with Crippen LogP contribution in [0.3, 0.4) is 0 Å². The molecule has 0 spiro atoms. The molecule has 5 N–H and O–H groups in total. The van der Waals surface area contributed by atoms with Gasteiger partial charge >= 0.3 is 5.97 Å². The highest BCUT2D eigenvalue weighted by Gasteiger charge is 2.45. The molecule has 10 nitrogen and oxygen atoms in total. The van der Waals surface area contributed by atoms with Crippen LogP contribution in [0.25, 0.3) is 6.08 Å². The number of hydrogen-bond acceptors (Lipinski definition) is 9. The second kappa shape index (κ2) is 9.90. The van der Waals surface area contributed by atoms with Gasteiger partial charge in [-0.15, -0.1) is 0 Å². The first kappa shape index (κ1) is 22.9. The first-order valence-electron chi connectivity index (χ1n) is 8.94. The molecule has 5 atom stereocenters. The van der Waals surface area contributed by atoms with E-state index in [4.69, 9.17) is 18.9 Å². The number of ether oxygens (including phenoxy) is 4. The van der Waals surface area contributed by atoms with E-state index < -0.39 is 43.3 Å². The first-order chi connectivity index (χ1) is 13.8. The third-order valence-electron chi connectivity index (χ3n) is 4.56. The lowest BCUT2D eigenvalue weighted by molar-refractivity contribution is -0.277. The van der Waals surface area contributed by atoms with Crippen molar-refractivity contribution in [3.63, 3.8) is 0 Å². The Labute approximate surface area is 167 Å². The van der Waals surface area contributed by atoms with Crippen molar-refractivity contribution >= 4 is 12.0 Å². The predicted molar refractivity (Wildman–Crippen MR) is 99.8 cm³/mol. The molecule has 0 unspecified atom stereocenters. The smallest absolute Gasteiger partial charge is 0.331 e. The van der Waals surface area contributed by atoms with Gasteiger partial charge in [0.05, 0.1) is 20.8 Å². The quantitative estimate of drug-likeness (QED) is 0.360. The molecule has 1 fully saturated rings. The molecule has 29 heavy (non-hydrogen) atoms. The Balaban J connectivity index is 2.41. The first-order valence-corrected chi connectivity index (χ1v) is 8.94. The second-order valence-electron chi connectivity index (χ2n) is 6.40. The minimum absolute atomic E-state index is 0.0323. The van der Waals surface area contributed by atoms with Crippen LogP contribution in [0.2, 0.25) is 0 Å². The number of aliphatic carboxylic acids is 1. The third kappa shape index (κ3) is 4.98. The highest BCUT2D eigenvalue weighted by Crippen LogP contribution is 2.41. The maximum Gasteiger partial charge on any atom is 0.331 e. The lowest BCUT2D eigenvalue weighted by Gasteiger charge is -2.39. The summed E-state index contributed by atoms with van der Waals surface area (Å²) in [6.07, 6.45) is -5.53. The molecule has 0 aromatic heterocycles. The Hall–Kier alpha value is -2.37. The lowest BCUT2D eigenvalue weighted by Crippen LogP contribution is -2.60. The molecule has 0 aliphatic carbocycles. The fraction of sp³-hybridized carbons (Fsp3) is 0.526. The van der Waals surface area contributed by atoms with Crippen molar-refractivity contribution in [2.45, 2.75) is 44.1 Å². The van der Waals surface area contributed by atoms with E-state index in [1.165, 1.54) is 32.4 Å². The fourth-order valence-electron chi connectivity index (χ4n) is 2.90. The molecule has 10 heteroatoms. The van der Waals surface area contributed by atoms with Crippen LogP contribution in [0.15, 0.2) is 17.7 Å². The molecule has 1 saturated heterocycles. The number of benzene rings is 1. The Morgan fingerprint density at radius 3 is 2.14 bits per heavy atom. The molecule has 1 aliphatic heterocycles. The standard InChI is InChI=1S/C19H26O10/c1-4-10(18(24)25)5-9-6-11(26-2)17(12(7-9)27-3)29-19-16(23)15(22)14(21)13(8-20)28-19/h5-7,13-16,19-23H,4,8H2,1-3H3,(H,24,25)/t13-,14+,15+,16-,19+/m1/s1. The SMILES string of the molecule is CCC(=Cc1cc(OC)c(O[C@@H]2O[C@H](CO)[C@H](O)[C@H](O)[C@H]2O)c(OC)c1)C(=O)O. The van der Waals surface area contributed by atoms with E-state index in [-0.39, 0.29) is 22.8 Å². The number of aliphatic hydroxyl groups excluding tert-OH is 4. The summed E-state index contributed by atoms with van der Waals surface area (Å²) in [5, 5.41) is 48.5. The maximum atomic E-state index is 11.3. The minimum Gasteiger partial charge on any atom is -0.493 e. The van der Waals surface area contributed by atoms with Crippen LogP contribution in [0, 0.1) is 0 Å². The van der Waals surface area contributed by atoms with E-state index in [1.54, 1.807) is 6.92 Å². The van der Waals surface area contributed by atoms with Crippen molar-refractivity contribution in [1.29, 1.82) is 0 Å². The largest absolute Gasteiger partial charge is 0.493 e. The summed E-state index contributed by atoms with van der Waals surface area (Å²) in [5.41, 5.74) is 0.663. The number of methoxy groups -OCH3 is 2. The molecule has 1 aromatic carbocycles. The molecular formula is C19H26O10. The van der Waals surface area contributed by atoms with Crippen LogP contribution < -0.4 is 14.2 Å². The molecule has 162 valence electrons. The average molecular weight is 414 g/mol. The van der Waals surface area contributed by atoms with Gasteiger partial charge in [0, 0.05) is 5.57 Å². The number of aliphatic hydroxyl groups is 4. The van der Waals surface area contributed by atoms with Crippen molar-refractivity contribution in [2.24, 2.45) is 0 Å². The molecule has 0 radical (unpaired) electrons. The van der Waals surface area contributed by atoms with Gasteiger partial charge < -0.3 is 44.5 Å². The summed E-state index contributed by atoms with van der Waals surface area (Å²) >= 11 is 0. The Morgan fingerprint density at radius 1 is 1.10 bits per heavy atom. The average Bonchev–Trinajstić information content (AvgIpc) is 2.72. The van der Waals surface area contributed by atoms with Gasteiger partial charge in [-0.2, -0.15) is 0 Å². The number of rotatable bonds is 8. The summed E-state index contributed by atoms with van der Waals surface area (Å²) < 4.78 is 21.6. The molecule has 1 aromatic rings. The summed E-state index contributed by atoms with van der Waals surface area (Å²) in [5.74, 6) is -0.696. The lowest BCUT2D eigenvalue weighted by atomic mass is 9.99. The van der Waals surface area contributed by atoms with Crippen molar-refractivity contribution in [3.8, 4) is 17.2 Å². The maximum absolute atomic E-state index is 11.3. The van der Waals surface area contributed by atoms with Crippen LogP contribution in [0.1, 0.15) is 18.9 Å². The zero-order valence-corrected chi connectivity index (χ0v) is 16.3. The summed E-state index contributed by atoms with van der Waals surface area (Å²) in [4.78, 5) is 11.3. The monoisotopic (exact) mass is 414 g/mol. The number of carbonyl (C=O) groups is 1. The van der Waals surface area contributed by atoms with Gasteiger partial charge in [-0.25, -0.2) is 4.79 Å². The van der Waals surface area contributed by atoms with Crippen molar-refractivity contribution in [2.75, 3.05) is 20.8 Å². The van der Waals surface area contributed by atoms with E-state index in [1.807, 2.05) is 0 Å². The topological polar surface area (TPSA) is 155 Å². The van der Waals surface area contributed by atoms with Gasteiger partial charge in [0.2, 0.25) is 12.0 Å². The van der Waals surface area contributed by atoms with Crippen LogP contribution in [0.5, 0.6) is 17.2 Å². The molecule has 0 bridgehead atoms. The molecule has 0 saturated carbocycles. The molecule has 1 aliphatic rings. The number of carboxylic acid groups (broad SMARTS) is 1. The van der Waals surface area contributed by atoms with Gasteiger partial charge in [-0.1, -0.05) is 6.92 Å². The second-order valence-corrected chi connectivity index (χ2v) is 6.40. The van der Waals surface area contributed by atoms with Crippen LogP contribution in [0.4, 0.5) is 0 Å². The fourth-order valence-corrected chi connectivity index (χ4v) is 2.90. The van der Waals surface area contributed by atoms with Gasteiger partial charge in [0.25, 0.3) is 0 Å². The predicted octanol–water partition coefficient (Wildman–Crippen LogP) is -0.240. The van der Waals surface area contributed by atoms with Crippen molar-refractivity contribution in [1.82, 2.24) is 0 Å². The highest BCUT2D eigenvalue weighted by molar-refractivity contribution is 5.92. The Morgan fingerprint density at radius 2 is 1.69 bits per heavy atom. The Kier molecular flexibility index (Phi) is 7.82. The van der Waals surface area contributed by atoms with Crippen molar-refractivity contribution < 1.29 is 49.3 Å².